The van der Waals surface area contributed by atoms with Crippen molar-refractivity contribution in [2.45, 2.75) is 45.6 Å². The largest absolute Gasteiger partial charge is 0.482 e. The zero-order chi connectivity index (χ0) is 21.3. The summed E-state index contributed by atoms with van der Waals surface area (Å²) in [7, 11) is 1.73. The highest BCUT2D eigenvalue weighted by atomic mass is 16.5. The Morgan fingerprint density at radius 2 is 2.07 bits per heavy atom. The van der Waals surface area contributed by atoms with E-state index in [2.05, 4.69) is 34.6 Å². The van der Waals surface area contributed by atoms with Gasteiger partial charge in [0, 0.05) is 32.1 Å². The molecule has 0 spiro atoms. The summed E-state index contributed by atoms with van der Waals surface area (Å²) in [6.45, 7) is 6.23. The molecule has 8 nitrogen and oxygen atoms in total. The second kappa shape index (κ2) is 10.7. The van der Waals surface area contributed by atoms with Gasteiger partial charge in [-0.2, -0.15) is 0 Å². The maximum absolute atomic E-state index is 12.2. The molecule has 2 aromatic rings. The van der Waals surface area contributed by atoms with Gasteiger partial charge in [0.1, 0.15) is 5.75 Å². The maximum Gasteiger partial charge on any atom is 0.265 e. The fraction of sp³-hybridized carbons (Fsp3) is 0.500. The van der Waals surface area contributed by atoms with Crippen molar-refractivity contribution in [2.75, 3.05) is 31.6 Å². The van der Waals surface area contributed by atoms with E-state index in [-0.39, 0.29) is 12.5 Å². The van der Waals surface area contributed by atoms with Gasteiger partial charge in [-0.05, 0) is 31.4 Å². The number of benzene rings is 1. The minimum absolute atomic E-state index is 0.0187. The van der Waals surface area contributed by atoms with E-state index in [1.807, 2.05) is 30.3 Å². The number of carbonyl (C=O) groups is 1. The summed E-state index contributed by atoms with van der Waals surface area (Å²) in [4.78, 5) is 18.2. The van der Waals surface area contributed by atoms with Crippen LogP contribution in [0.15, 0.2) is 39.8 Å². The number of nitrogens with zero attached hydrogens (tertiary/aromatic N) is 3. The molecule has 0 aliphatic carbocycles. The zero-order valence-corrected chi connectivity index (χ0v) is 18.0. The number of hydrogen-bond acceptors (Lipinski definition) is 5. The molecule has 1 aromatic carbocycles. The van der Waals surface area contributed by atoms with Gasteiger partial charge in [0.25, 0.3) is 5.91 Å². The van der Waals surface area contributed by atoms with Gasteiger partial charge >= 0.3 is 0 Å². The number of amides is 1. The molecule has 30 heavy (non-hydrogen) atoms. The number of rotatable bonds is 9. The number of fused-ring (bicyclic) bond motifs is 1. The second-order valence-corrected chi connectivity index (χ2v) is 7.24. The van der Waals surface area contributed by atoms with E-state index in [0.717, 1.165) is 42.2 Å². The van der Waals surface area contributed by atoms with Gasteiger partial charge in [-0.1, -0.05) is 31.1 Å². The van der Waals surface area contributed by atoms with Gasteiger partial charge in [-0.15, -0.1) is 0 Å². The first-order chi connectivity index (χ1) is 14.7. The van der Waals surface area contributed by atoms with Gasteiger partial charge in [-0.25, -0.2) is 0 Å². The Morgan fingerprint density at radius 1 is 1.27 bits per heavy atom. The Balaban J connectivity index is 1.44. The van der Waals surface area contributed by atoms with Crippen molar-refractivity contribution in [3.05, 3.63) is 41.8 Å². The van der Waals surface area contributed by atoms with Crippen molar-refractivity contribution in [1.29, 1.82) is 0 Å². The molecule has 2 heterocycles. The summed E-state index contributed by atoms with van der Waals surface area (Å²) in [6.07, 6.45) is 2.88. The molecular formula is C22H31N5O3. The van der Waals surface area contributed by atoms with Crippen molar-refractivity contribution >= 4 is 17.6 Å². The molecule has 0 saturated heterocycles. The molecule has 162 valence electrons. The van der Waals surface area contributed by atoms with Crippen LogP contribution in [0.3, 0.4) is 0 Å². The average molecular weight is 414 g/mol. The summed E-state index contributed by atoms with van der Waals surface area (Å²) in [5, 5.41) is 10.7. The topological polar surface area (TPSA) is 92.0 Å². The summed E-state index contributed by atoms with van der Waals surface area (Å²) < 4.78 is 10.9. The highest BCUT2D eigenvalue weighted by Gasteiger charge is 2.24. The lowest BCUT2D eigenvalue weighted by Gasteiger charge is -2.29. The maximum atomic E-state index is 12.2. The summed E-state index contributed by atoms with van der Waals surface area (Å²) in [6, 6.07) is 9.63. The predicted molar refractivity (Wildman–Crippen MR) is 117 cm³/mol. The number of nitrogens with one attached hydrogen (secondary N) is 2. The van der Waals surface area contributed by atoms with E-state index in [1.165, 1.54) is 0 Å². The summed E-state index contributed by atoms with van der Waals surface area (Å²) in [5.41, 5.74) is 1.84. The Bertz CT molecular complexity index is 860. The van der Waals surface area contributed by atoms with Gasteiger partial charge in [0.2, 0.25) is 0 Å². The molecule has 0 bridgehead atoms. The molecular weight excluding hydrogens is 382 g/mol. The minimum Gasteiger partial charge on any atom is -0.482 e. The molecule has 1 aromatic heterocycles. The number of aromatic nitrogens is 1. The van der Waals surface area contributed by atoms with Crippen molar-refractivity contribution in [3.8, 4) is 5.75 Å². The average Bonchev–Trinajstić information content (AvgIpc) is 3.24. The normalized spacial score (nSPS) is 13.9. The van der Waals surface area contributed by atoms with Crippen LogP contribution in [0.2, 0.25) is 0 Å². The molecule has 1 amide bonds. The van der Waals surface area contributed by atoms with Crippen LogP contribution >= 0.6 is 0 Å². The Hall–Kier alpha value is -3.03. The molecule has 0 atom stereocenters. The number of hydrogen-bond donors (Lipinski definition) is 2. The lowest BCUT2D eigenvalue weighted by atomic mass is 9.99. The third-order valence-corrected chi connectivity index (χ3v) is 5.29. The van der Waals surface area contributed by atoms with Crippen LogP contribution in [0.5, 0.6) is 5.75 Å². The third-order valence-electron chi connectivity index (χ3n) is 5.29. The number of para-hydroxylation sites is 2. The summed E-state index contributed by atoms with van der Waals surface area (Å²) in [5.74, 6) is 2.64. The fourth-order valence-corrected chi connectivity index (χ4v) is 3.55. The Kier molecular flexibility index (Phi) is 7.70. The van der Waals surface area contributed by atoms with E-state index in [0.29, 0.717) is 31.5 Å². The van der Waals surface area contributed by atoms with Gasteiger partial charge in [0.05, 0.1) is 17.9 Å². The molecule has 3 rings (SSSR count). The van der Waals surface area contributed by atoms with Crippen molar-refractivity contribution in [3.63, 3.8) is 0 Å². The van der Waals surface area contributed by atoms with Gasteiger partial charge in [-0.3, -0.25) is 9.79 Å². The van der Waals surface area contributed by atoms with E-state index in [9.17, 15) is 4.79 Å². The van der Waals surface area contributed by atoms with E-state index < -0.39 is 0 Å². The van der Waals surface area contributed by atoms with Crippen LogP contribution in [-0.2, 0) is 11.3 Å². The van der Waals surface area contributed by atoms with Crippen LogP contribution in [0, 0.1) is 0 Å². The van der Waals surface area contributed by atoms with Crippen LogP contribution in [0.1, 0.15) is 50.5 Å². The molecule has 2 N–H and O–H groups in total. The third kappa shape index (κ3) is 5.31. The second-order valence-electron chi connectivity index (χ2n) is 7.24. The molecule has 0 saturated carbocycles. The SMILES string of the molecule is CCC(CC)c1cc(CNC(=NC)NCCCN2C(=O)COc3ccccc32)on1. The van der Waals surface area contributed by atoms with Crippen LogP contribution in [-0.4, -0.2) is 43.8 Å². The highest BCUT2D eigenvalue weighted by molar-refractivity contribution is 5.97. The van der Waals surface area contributed by atoms with E-state index in [4.69, 9.17) is 9.26 Å². The lowest BCUT2D eigenvalue weighted by Crippen LogP contribution is -2.41. The van der Waals surface area contributed by atoms with Crippen molar-refractivity contribution in [2.24, 2.45) is 4.99 Å². The first-order valence-electron chi connectivity index (χ1n) is 10.6. The van der Waals surface area contributed by atoms with Gasteiger partial charge in [0.15, 0.2) is 18.3 Å². The highest BCUT2D eigenvalue weighted by Crippen LogP contribution is 2.31. The predicted octanol–water partition coefficient (Wildman–Crippen LogP) is 3.06. The molecule has 1 aliphatic heterocycles. The van der Waals surface area contributed by atoms with Crippen molar-refractivity contribution in [1.82, 2.24) is 15.8 Å². The number of anilines is 1. The smallest absolute Gasteiger partial charge is 0.265 e. The summed E-state index contributed by atoms with van der Waals surface area (Å²) >= 11 is 0. The Morgan fingerprint density at radius 3 is 2.83 bits per heavy atom. The van der Waals surface area contributed by atoms with E-state index in [1.54, 1.807) is 11.9 Å². The number of aliphatic imine (C=N–C) groups is 1. The first kappa shape index (κ1) is 21.7. The monoisotopic (exact) mass is 413 g/mol. The van der Waals surface area contributed by atoms with E-state index >= 15 is 0 Å². The Labute approximate surface area is 177 Å². The van der Waals surface area contributed by atoms with Crippen LogP contribution < -0.4 is 20.3 Å². The van der Waals surface area contributed by atoms with Crippen LogP contribution in [0.25, 0.3) is 0 Å². The minimum atomic E-state index is -0.0187. The fourth-order valence-electron chi connectivity index (χ4n) is 3.55. The first-order valence-corrected chi connectivity index (χ1v) is 10.6. The number of ether oxygens (including phenoxy) is 1. The molecule has 0 fully saturated rings. The molecule has 1 aliphatic rings. The molecule has 8 heteroatoms. The number of guanidine groups is 1. The zero-order valence-electron chi connectivity index (χ0n) is 18.0. The number of carbonyl (C=O) groups excluding carboxylic acids is 1. The molecule has 0 radical (unpaired) electrons. The van der Waals surface area contributed by atoms with Crippen LogP contribution in [0.4, 0.5) is 5.69 Å². The quantitative estimate of drug-likeness (QED) is 0.373. The standard InChI is InChI=1S/C22H31N5O3/c1-4-16(5-2)18-13-17(30-26-18)14-25-22(23-3)24-11-8-12-27-19-9-6-7-10-20(19)29-15-21(27)28/h6-7,9-10,13,16H,4-5,8,11-12,14-15H2,1-3H3,(H2,23,24,25). The lowest BCUT2D eigenvalue weighted by molar-refractivity contribution is -0.121. The van der Waals surface area contributed by atoms with Crippen molar-refractivity contribution < 1.29 is 14.1 Å². The van der Waals surface area contributed by atoms with Gasteiger partial charge < -0.3 is 24.8 Å². The molecule has 0 unspecified atom stereocenters.